The first kappa shape index (κ1) is 38.6. The van der Waals surface area contributed by atoms with Gasteiger partial charge in [-0.3, -0.25) is 20.6 Å². The zero-order chi connectivity index (χ0) is 32.6. The van der Waals surface area contributed by atoms with Gasteiger partial charge in [-0.25, -0.2) is 0 Å². The van der Waals surface area contributed by atoms with Crippen LogP contribution in [0.25, 0.3) is 11.6 Å². The Kier molecular flexibility index (Phi) is 16.3. The summed E-state index contributed by atoms with van der Waals surface area (Å²) in [6.07, 6.45) is 0. The van der Waals surface area contributed by atoms with Crippen molar-refractivity contribution in [2.75, 3.05) is 0 Å². The first-order chi connectivity index (χ1) is 23.9. The predicted molar refractivity (Wildman–Crippen MR) is 198 cm³/mol. The van der Waals surface area contributed by atoms with Crippen molar-refractivity contribution < 1.29 is 44.8 Å². The van der Waals surface area contributed by atoms with Gasteiger partial charge >= 0.3 is 0 Å². The molecule has 2 aromatic heterocycles. The number of aromatic nitrogens is 8. The van der Waals surface area contributed by atoms with E-state index < -0.39 is 15.8 Å². The van der Waals surface area contributed by atoms with Crippen molar-refractivity contribution in [1.29, 1.82) is 0 Å². The van der Waals surface area contributed by atoms with Crippen molar-refractivity contribution >= 4 is 47.7 Å². The van der Waals surface area contributed by atoms with Crippen LogP contribution in [0.15, 0.2) is 182 Å². The van der Waals surface area contributed by atoms with E-state index in [1.807, 2.05) is 0 Å². The van der Waals surface area contributed by atoms with Crippen LogP contribution in [0.2, 0.25) is 0 Å². The van der Waals surface area contributed by atoms with Crippen molar-refractivity contribution in [2.45, 2.75) is 0 Å². The summed E-state index contributed by atoms with van der Waals surface area (Å²) in [7, 11) is -1.75. The van der Waals surface area contributed by atoms with Gasteiger partial charge in [0.05, 0.1) is 15.8 Å². The average molecular weight is 1060 g/mol. The van der Waals surface area contributed by atoms with Gasteiger partial charge in [0.1, 0.15) is 31.8 Å². The molecule has 2 radical (unpaired) electrons. The van der Waals surface area contributed by atoms with E-state index in [2.05, 4.69) is 223 Å². The second-order valence-corrected chi connectivity index (χ2v) is 15.3. The van der Waals surface area contributed by atoms with E-state index in [4.69, 9.17) is 0 Å². The van der Waals surface area contributed by atoms with Crippen molar-refractivity contribution in [1.82, 2.24) is 41.2 Å². The summed E-state index contributed by atoms with van der Waals surface area (Å²) in [5, 5.41) is 35.5. The Morgan fingerprint density at radius 2 is 0.500 bits per heavy atom. The Bertz CT molecular complexity index is 1670. The van der Waals surface area contributed by atoms with E-state index in [-0.39, 0.29) is 56.4 Å². The SMILES string of the molecule is [Au].[Au].c1ccc([PH+](c2ccccc2)c2ccccc2)cc1.c1ccc([PH+](c2ccccc2)c2ccccc2)cc1.n1n[n-]c(-c2nnn[n-]2)n1. The first-order valence-electron chi connectivity index (χ1n) is 15.3. The van der Waals surface area contributed by atoms with Gasteiger partial charge in [-0.1, -0.05) is 109 Å². The molecule has 0 amide bonds. The number of tetrazole rings is 2. The number of benzene rings is 6. The van der Waals surface area contributed by atoms with Gasteiger partial charge in [0.2, 0.25) is 0 Å². The van der Waals surface area contributed by atoms with Gasteiger partial charge in [0.25, 0.3) is 0 Å². The fourth-order valence-corrected chi connectivity index (χ4v) is 10.3. The van der Waals surface area contributed by atoms with Crippen LogP contribution in [0.3, 0.4) is 0 Å². The average Bonchev–Trinajstić information content (AvgIpc) is 3.91. The predicted octanol–water partition coefficient (Wildman–Crippen LogP) is 3.99. The summed E-state index contributed by atoms with van der Waals surface area (Å²) < 4.78 is 0. The molecule has 0 atom stereocenters. The van der Waals surface area contributed by atoms with Crippen LogP contribution in [0.4, 0.5) is 0 Å². The smallest absolute Gasteiger partial charge is 0.102 e. The Balaban J connectivity index is 0.000000173. The minimum absolute atomic E-state index is 0. The molecule has 8 aromatic rings. The fraction of sp³-hybridized carbons (Fsp3) is 0. The molecule has 0 spiro atoms. The number of rotatable bonds is 7. The number of nitrogens with zero attached hydrogens (tertiary/aromatic N) is 8. The maximum atomic E-state index is 3.48. The van der Waals surface area contributed by atoms with Gasteiger partial charge < -0.3 is 10.2 Å². The molecule has 2 heterocycles. The Labute approximate surface area is 325 Å². The molecule has 8 rings (SSSR count). The molecule has 0 aliphatic carbocycles. The van der Waals surface area contributed by atoms with Crippen LogP contribution < -0.4 is 42.0 Å². The summed E-state index contributed by atoms with van der Waals surface area (Å²) in [6, 6.07) is 65.0. The molecule has 8 nitrogen and oxygen atoms in total. The van der Waals surface area contributed by atoms with Gasteiger partial charge in [0.15, 0.2) is 0 Å². The van der Waals surface area contributed by atoms with Crippen molar-refractivity contribution in [2.24, 2.45) is 0 Å². The Morgan fingerprint density at radius 3 is 0.660 bits per heavy atom. The third kappa shape index (κ3) is 10.9. The number of hydrogen-bond donors (Lipinski definition) is 0. The maximum Gasteiger partial charge on any atom is 0.102 e. The molecule has 0 N–H and O–H groups in total. The molecule has 50 heavy (non-hydrogen) atoms. The maximum absolute atomic E-state index is 3.48. The molecule has 0 saturated heterocycles. The second kappa shape index (κ2) is 21.1. The summed E-state index contributed by atoms with van der Waals surface area (Å²) in [4.78, 5) is 0. The van der Waals surface area contributed by atoms with Crippen molar-refractivity contribution in [3.8, 4) is 11.6 Å². The van der Waals surface area contributed by atoms with Gasteiger partial charge in [0, 0.05) is 56.4 Å². The van der Waals surface area contributed by atoms with Gasteiger partial charge in [-0.05, 0) is 72.8 Å². The molecule has 0 aliphatic heterocycles. The largest absolute Gasteiger partial charge is 0.330 e. The van der Waals surface area contributed by atoms with E-state index in [1.54, 1.807) is 0 Å². The molecule has 0 aliphatic rings. The minimum atomic E-state index is -0.877. The van der Waals surface area contributed by atoms with E-state index >= 15 is 0 Å². The standard InChI is InChI=1S/2C18H15P.C2N8.2Au/c2*1-4-10-16(11-5-1)19(17-12-6-2-7-13-17)18-14-8-3-9-15-18;3-1(4-8-7-3)2-5-9-10-6-2;;/h2*1-15H;;;/q;;-2;;/p+2. The van der Waals surface area contributed by atoms with E-state index in [9.17, 15) is 0 Å². The zero-order valence-corrected chi connectivity index (χ0v) is 32.8. The Hall–Kier alpha value is -4.20. The summed E-state index contributed by atoms with van der Waals surface area (Å²) >= 11 is 0. The molecule has 256 valence electrons. The van der Waals surface area contributed by atoms with Crippen LogP contribution in [0.5, 0.6) is 0 Å². The fourth-order valence-electron chi connectivity index (χ4n) is 5.10. The molecule has 12 heteroatoms. The number of hydrogen-bond acceptors (Lipinski definition) is 6. The van der Waals surface area contributed by atoms with E-state index in [1.165, 1.54) is 31.8 Å². The second-order valence-electron chi connectivity index (χ2n) is 10.4. The molecular weight excluding hydrogens is 1020 g/mol. The van der Waals surface area contributed by atoms with Crippen LogP contribution in [0, 0.1) is 0 Å². The van der Waals surface area contributed by atoms with Crippen LogP contribution >= 0.6 is 15.8 Å². The third-order valence-electron chi connectivity index (χ3n) is 7.21. The zero-order valence-electron chi connectivity index (χ0n) is 26.5. The normalized spacial score (nSPS) is 10.0. The Morgan fingerprint density at radius 1 is 0.300 bits per heavy atom. The quantitative estimate of drug-likeness (QED) is 0.175. The minimum Gasteiger partial charge on any atom is -0.330 e. The monoisotopic (exact) mass is 1060 g/mol. The van der Waals surface area contributed by atoms with Crippen LogP contribution in [-0.2, 0) is 44.8 Å². The molecular formula is C38H32Au2N8P2. The van der Waals surface area contributed by atoms with Crippen LogP contribution in [0.1, 0.15) is 0 Å². The third-order valence-corrected chi connectivity index (χ3v) is 12.7. The van der Waals surface area contributed by atoms with Gasteiger partial charge in [-0.15, -0.1) is 0 Å². The topological polar surface area (TPSA) is 106 Å². The molecule has 0 unspecified atom stereocenters. The summed E-state index contributed by atoms with van der Waals surface area (Å²) in [5.41, 5.74) is 0. The van der Waals surface area contributed by atoms with E-state index in [0.29, 0.717) is 0 Å². The van der Waals surface area contributed by atoms with Crippen molar-refractivity contribution in [3.63, 3.8) is 0 Å². The summed E-state index contributed by atoms with van der Waals surface area (Å²) in [5.74, 6) is 0.481. The summed E-state index contributed by atoms with van der Waals surface area (Å²) in [6.45, 7) is 0. The van der Waals surface area contributed by atoms with Crippen molar-refractivity contribution in [3.05, 3.63) is 182 Å². The van der Waals surface area contributed by atoms with Gasteiger partial charge in [-0.2, -0.15) is 10.4 Å². The first-order valence-corrected chi connectivity index (χ1v) is 18.3. The van der Waals surface area contributed by atoms with E-state index in [0.717, 1.165) is 0 Å². The van der Waals surface area contributed by atoms with Crippen LogP contribution in [-0.4, -0.2) is 31.1 Å². The molecule has 6 aromatic carbocycles. The molecule has 0 bridgehead atoms. The molecule has 0 fully saturated rings. The molecule has 0 saturated carbocycles.